The molecule has 3 N–H and O–H groups in total. The second kappa shape index (κ2) is 7.56. The van der Waals surface area contributed by atoms with E-state index >= 15 is 0 Å². The second-order valence-corrected chi connectivity index (χ2v) is 7.86. The van der Waals surface area contributed by atoms with Gasteiger partial charge in [-0.1, -0.05) is 11.6 Å². The van der Waals surface area contributed by atoms with Crippen LogP contribution in [0.2, 0.25) is 5.02 Å². The lowest BCUT2D eigenvalue weighted by Gasteiger charge is -2.15. The third-order valence-corrected chi connectivity index (χ3v) is 5.55. The fourth-order valence-corrected chi connectivity index (χ4v) is 3.91. The molecule has 3 rings (SSSR count). The minimum atomic E-state index is -4.05. The van der Waals surface area contributed by atoms with Crippen LogP contribution < -0.4 is 24.8 Å². The molecule has 1 heterocycles. The lowest BCUT2D eigenvalue weighted by Crippen LogP contribution is -2.16. The van der Waals surface area contributed by atoms with E-state index in [0.717, 1.165) is 0 Å². The van der Waals surface area contributed by atoms with E-state index in [1.54, 1.807) is 0 Å². The SMILES string of the molecule is COc1cc(OC)c(NS(=O)(=O)c2ccc3c(c2)NC(=O)CC(=O)N3)cc1Cl. The van der Waals surface area contributed by atoms with E-state index in [9.17, 15) is 18.0 Å². The van der Waals surface area contributed by atoms with Crippen LogP contribution in [-0.2, 0) is 19.6 Å². The number of amides is 2. The van der Waals surface area contributed by atoms with Crippen LogP contribution in [0.25, 0.3) is 0 Å². The van der Waals surface area contributed by atoms with Gasteiger partial charge in [-0.25, -0.2) is 8.42 Å². The molecule has 0 saturated carbocycles. The fraction of sp³-hybridized carbons (Fsp3) is 0.176. The molecule has 0 unspecified atom stereocenters. The van der Waals surface area contributed by atoms with Crippen LogP contribution in [0.3, 0.4) is 0 Å². The number of benzene rings is 2. The van der Waals surface area contributed by atoms with Crippen molar-refractivity contribution in [3.8, 4) is 11.5 Å². The number of rotatable bonds is 5. The third-order valence-electron chi connectivity index (χ3n) is 3.89. The largest absolute Gasteiger partial charge is 0.495 e. The van der Waals surface area contributed by atoms with E-state index in [2.05, 4.69) is 15.4 Å². The topological polar surface area (TPSA) is 123 Å². The zero-order chi connectivity index (χ0) is 20.5. The standard InChI is InChI=1S/C17H16ClN3O6S/c1-26-14-7-15(27-2)13(6-10(14)18)21-28(24,25)9-3-4-11-12(5-9)20-17(23)8-16(22)19-11/h3-7,21H,8H2,1-2H3,(H,19,22)(H,20,23). The summed E-state index contributed by atoms with van der Waals surface area (Å²) in [6, 6.07) is 6.76. The highest BCUT2D eigenvalue weighted by Gasteiger charge is 2.23. The molecule has 0 spiro atoms. The van der Waals surface area contributed by atoms with Gasteiger partial charge in [0.05, 0.1) is 41.2 Å². The number of anilines is 3. The second-order valence-electron chi connectivity index (χ2n) is 5.77. The molecule has 2 aromatic rings. The Balaban J connectivity index is 1.97. The average molecular weight is 426 g/mol. The number of carbonyl (C=O) groups excluding carboxylic acids is 2. The Morgan fingerprint density at radius 1 is 0.964 bits per heavy atom. The van der Waals surface area contributed by atoms with Crippen LogP contribution in [0.4, 0.5) is 17.1 Å². The third kappa shape index (κ3) is 3.97. The van der Waals surface area contributed by atoms with Gasteiger partial charge in [0.15, 0.2) is 0 Å². The molecule has 0 atom stereocenters. The number of halogens is 1. The molecule has 1 aliphatic rings. The van der Waals surface area contributed by atoms with Crippen LogP contribution in [0.1, 0.15) is 6.42 Å². The number of nitrogens with one attached hydrogen (secondary N) is 3. The number of hydrogen-bond donors (Lipinski definition) is 3. The lowest BCUT2D eigenvalue weighted by atomic mass is 10.2. The maximum Gasteiger partial charge on any atom is 0.262 e. The van der Waals surface area contributed by atoms with Crippen molar-refractivity contribution in [3.63, 3.8) is 0 Å². The Kier molecular flexibility index (Phi) is 5.34. The summed E-state index contributed by atoms with van der Waals surface area (Å²) in [5, 5.41) is 5.22. The Labute approximate surface area is 166 Å². The van der Waals surface area contributed by atoms with Gasteiger partial charge in [-0.3, -0.25) is 14.3 Å². The molecule has 0 aromatic heterocycles. The van der Waals surface area contributed by atoms with Crippen molar-refractivity contribution in [2.75, 3.05) is 29.6 Å². The quantitative estimate of drug-likeness (QED) is 0.632. The van der Waals surface area contributed by atoms with Gasteiger partial charge in [-0.2, -0.15) is 0 Å². The number of carbonyl (C=O) groups is 2. The van der Waals surface area contributed by atoms with E-state index in [0.29, 0.717) is 11.4 Å². The minimum absolute atomic E-state index is 0.112. The van der Waals surface area contributed by atoms with Crippen LogP contribution in [0.5, 0.6) is 11.5 Å². The van der Waals surface area contributed by atoms with Crippen molar-refractivity contribution < 1.29 is 27.5 Å². The fourth-order valence-electron chi connectivity index (χ4n) is 2.58. The van der Waals surface area contributed by atoms with Crippen molar-refractivity contribution in [2.24, 2.45) is 0 Å². The Bertz CT molecular complexity index is 1070. The highest BCUT2D eigenvalue weighted by molar-refractivity contribution is 7.92. The summed E-state index contributed by atoms with van der Waals surface area (Å²) >= 11 is 6.07. The number of sulfonamides is 1. The van der Waals surface area contributed by atoms with E-state index in [1.807, 2.05) is 0 Å². The molecule has 148 valence electrons. The molecule has 28 heavy (non-hydrogen) atoms. The van der Waals surface area contributed by atoms with Gasteiger partial charge in [0.1, 0.15) is 17.9 Å². The molecule has 0 fully saturated rings. The molecule has 1 aliphatic heterocycles. The first-order valence-corrected chi connectivity index (χ1v) is 9.77. The molecule has 2 amide bonds. The smallest absolute Gasteiger partial charge is 0.262 e. The summed E-state index contributed by atoms with van der Waals surface area (Å²) in [6.07, 6.45) is -0.351. The average Bonchev–Trinajstić information content (AvgIpc) is 2.77. The van der Waals surface area contributed by atoms with Crippen molar-refractivity contribution in [2.45, 2.75) is 11.3 Å². The lowest BCUT2D eigenvalue weighted by molar-refractivity contribution is -0.123. The van der Waals surface area contributed by atoms with Crippen molar-refractivity contribution >= 4 is 50.5 Å². The van der Waals surface area contributed by atoms with Gasteiger partial charge in [-0.15, -0.1) is 0 Å². The number of ether oxygens (including phenoxy) is 2. The van der Waals surface area contributed by atoms with Crippen LogP contribution in [0, 0.1) is 0 Å². The van der Waals surface area contributed by atoms with Gasteiger partial charge < -0.3 is 20.1 Å². The van der Waals surface area contributed by atoms with Crippen LogP contribution in [0.15, 0.2) is 35.2 Å². The summed E-state index contributed by atoms with van der Waals surface area (Å²) in [5.41, 5.74) is 0.596. The highest BCUT2D eigenvalue weighted by atomic mass is 35.5. The highest BCUT2D eigenvalue weighted by Crippen LogP contribution is 2.37. The van der Waals surface area contributed by atoms with Crippen molar-refractivity contribution in [3.05, 3.63) is 35.4 Å². The summed E-state index contributed by atoms with van der Waals surface area (Å²) in [4.78, 5) is 23.2. The van der Waals surface area contributed by atoms with Gasteiger partial charge in [0.25, 0.3) is 10.0 Å². The summed E-state index contributed by atoms with van der Waals surface area (Å²) < 4.78 is 38.3. The minimum Gasteiger partial charge on any atom is -0.495 e. The van der Waals surface area contributed by atoms with Crippen molar-refractivity contribution in [1.29, 1.82) is 0 Å². The summed E-state index contributed by atoms with van der Waals surface area (Å²) in [7, 11) is -1.25. The molecule has 0 bridgehead atoms. The molecule has 0 aliphatic carbocycles. The molecule has 0 saturated heterocycles. The van der Waals surface area contributed by atoms with E-state index in [1.165, 1.54) is 44.6 Å². The van der Waals surface area contributed by atoms with Gasteiger partial charge in [0, 0.05) is 6.07 Å². The van der Waals surface area contributed by atoms with E-state index in [4.69, 9.17) is 21.1 Å². The van der Waals surface area contributed by atoms with Crippen LogP contribution >= 0.6 is 11.6 Å². The number of fused-ring (bicyclic) bond motifs is 1. The van der Waals surface area contributed by atoms with Gasteiger partial charge in [0.2, 0.25) is 11.8 Å². The predicted octanol–water partition coefficient (Wildman–Crippen LogP) is 2.44. The van der Waals surface area contributed by atoms with Crippen molar-refractivity contribution in [1.82, 2.24) is 0 Å². The molecular weight excluding hydrogens is 410 g/mol. The van der Waals surface area contributed by atoms with Gasteiger partial charge in [-0.05, 0) is 24.3 Å². The summed E-state index contributed by atoms with van der Waals surface area (Å²) in [5.74, 6) is -0.491. The maximum absolute atomic E-state index is 12.8. The van der Waals surface area contributed by atoms with E-state index < -0.39 is 21.8 Å². The maximum atomic E-state index is 12.8. The van der Waals surface area contributed by atoms with E-state index in [-0.39, 0.29) is 33.5 Å². The predicted molar refractivity (Wildman–Crippen MR) is 104 cm³/mol. The molecule has 9 nitrogen and oxygen atoms in total. The zero-order valence-electron chi connectivity index (χ0n) is 14.8. The zero-order valence-corrected chi connectivity index (χ0v) is 16.4. The number of hydrogen-bond acceptors (Lipinski definition) is 6. The Morgan fingerprint density at radius 2 is 1.61 bits per heavy atom. The van der Waals surface area contributed by atoms with Gasteiger partial charge >= 0.3 is 0 Å². The molecular formula is C17H16ClN3O6S. The molecule has 2 aromatic carbocycles. The summed E-state index contributed by atoms with van der Waals surface area (Å²) in [6.45, 7) is 0. The molecule has 0 radical (unpaired) electrons. The first-order chi connectivity index (χ1) is 13.2. The Hall–Kier alpha value is -2.98. The van der Waals surface area contributed by atoms with Crippen LogP contribution in [-0.4, -0.2) is 34.5 Å². The Morgan fingerprint density at radius 3 is 2.25 bits per heavy atom. The molecule has 11 heteroatoms. The number of methoxy groups -OCH3 is 2. The first kappa shape index (κ1) is 19.8. The monoisotopic (exact) mass is 425 g/mol. The normalized spacial score (nSPS) is 13.7. The first-order valence-electron chi connectivity index (χ1n) is 7.91.